The summed E-state index contributed by atoms with van der Waals surface area (Å²) in [4.78, 5) is 16.3. The van der Waals surface area contributed by atoms with Gasteiger partial charge >= 0.3 is 6.03 Å². The van der Waals surface area contributed by atoms with Gasteiger partial charge in [0.25, 0.3) is 0 Å². The van der Waals surface area contributed by atoms with Gasteiger partial charge in [-0.15, -0.1) is 12.4 Å². The standard InChI is InChI=1S/C22H20N4O.ClH/c1-14-13-15(24-22(27)23-2)11-12-18(14)26-21-16-7-3-5-9-19(16)25-20-10-6-4-8-17(20)21;/h3-13H,1-2H3,(H,25,26)(H2,23,24,27);1H. The third-order valence-electron chi connectivity index (χ3n) is 4.56. The summed E-state index contributed by atoms with van der Waals surface area (Å²) in [5.74, 6) is 0. The molecular weight excluding hydrogens is 372 g/mol. The SMILES string of the molecule is CNC(=O)Nc1ccc(Nc2c3ccccc3nc3ccccc23)c(C)c1.Cl. The molecule has 0 saturated heterocycles. The van der Waals surface area contributed by atoms with Gasteiger partial charge < -0.3 is 16.0 Å². The largest absolute Gasteiger partial charge is 0.354 e. The van der Waals surface area contributed by atoms with Crippen molar-refractivity contribution >= 4 is 57.3 Å². The molecule has 1 aromatic heterocycles. The van der Waals surface area contributed by atoms with Gasteiger partial charge in [0.05, 0.1) is 16.7 Å². The Balaban J connectivity index is 0.00000225. The molecule has 0 saturated carbocycles. The molecule has 3 aromatic carbocycles. The molecule has 0 spiro atoms. The number of fused-ring (bicyclic) bond motifs is 2. The summed E-state index contributed by atoms with van der Waals surface area (Å²) >= 11 is 0. The van der Waals surface area contributed by atoms with Crippen LogP contribution in [0.2, 0.25) is 0 Å². The summed E-state index contributed by atoms with van der Waals surface area (Å²) in [6.07, 6.45) is 0. The topological polar surface area (TPSA) is 66.1 Å². The maximum Gasteiger partial charge on any atom is 0.318 e. The highest BCUT2D eigenvalue weighted by Crippen LogP contribution is 2.34. The zero-order chi connectivity index (χ0) is 18.8. The molecule has 0 radical (unpaired) electrons. The van der Waals surface area contributed by atoms with E-state index in [2.05, 4.69) is 28.1 Å². The van der Waals surface area contributed by atoms with E-state index in [1.54, 1.807) is 7.05 Å². The highest BCUT2D eigenvalue weighted by Gasteiger charge is 2.10. The van der Waals surface area contributed by atoms with Crippen LogP contribution in [0.25, 0.3) is 21.8 Å². The number of carbonyl (C=O) groups excluding carboxylic acids is 1. The second kappa shape index (κ2) is 8.15. The zero-order valence-corrected chi connectivity index (χ0v) is 16.4. The van der Waals surface area contributed by atoms with Gasteiger partial charge in [-0.25, -0.2) is 9.78 Å². The molecule has 3 N–H and O–H groups in total. The second-order valence-corrected chi connectivity index (χ2v) is 6.38. The summed E-state index contributed by atoms with van der Waals surface area (Å²) < 4.78 is 0. The Labute approximate surface area is 169 Å². The molecular formula is C22H21ClN4O. The van der Waals surface area contributed by atoms with Gasteiger partial charge in [-0.3, -0.25) is 0 Å². The van der Waals surface area contributed by atoms with Crippen LogP contribution >= 0.6 is 12.4 Å². The molecule has 4 aromatic rings. The molecule has 2 amide bonds. The second-order valence-electron chi connectivity index (χ2n) is 6.38. The first-order valence-electron chi connectivity index (χ1n) is 8.79. The Morgan fingerprint density at radius 2 is 1.50 bits per heavy atom. The number of rotatable bonds is 3. The summed E-state index contributed by atoms with van der Waals surface area (Å²) in [7, 11) is 1.60. The molecule has 4 rings (SSSR count). The van der Waals surface area contributed by atoms with E-state index in [0.29, 0.717) is 0 Å². The molecule has 142 valence electrons. The predicted octanol–water partition coefficient (Wildman–Crippen LogP) is 5.61. The quantitative estimate of drug-likeness (QED) is 0.397. The fourth-order valence-electron chi connectivity index (χ4n) is 3.18. The molecule has 1 heterocycles. The van der Waals surface area contributed by atoms with Crippen molar-refractivity contribution in [1.29, 1.82) is 0 Å². The number of amides is 2. The molecule has 6 heteroatoms. The van der Waals surface area contributed by atoms with Crippen LogP contribution in [0.5, 0.6) is 0 Å². The lowest BCUT2D eigenvalue weighted by Crippen LogP contribution is -2.24. The molecule has 28 heavy (non-hydrogen) atoms. The van der Waals surface area contributed by atoms with E-state index in [1.807, 2.05) is 61.5 Å². The average Bonchev–Trinajstić information content (AvgIpc) is 2.69. The number of nitrogens with zero attached hydrogens (tertiary/aromatic N) is 1. The lowest BCUT2D eigenvalue weighted by Gasteiger charge is -2.16. The van der Waals surface area contributed by atoms with E-state index >= 15 is 0 Å². The van der Waals surface area contributed by atoms with Gasteiger partial charge in [0, 0.05) is 29.2 Å². The Morgan fingerprint density at radius 3 is 2.07 bits per heavy atom. The first kappa shape index (κ1) is 19.5. The Morgan fingerprint density at radius 1 is 0.893 bits per heavy atom. The van der Waals surface area contributed by atoms with Crippen LogP contribution in [-0.4, -0.2) is 18.1 Å². The number of para-hydroxylation sites is 2. The number of urea groups is 1. The molecule has 0 aliphatic carbocycles. The van der Waals surface area contributed by atoms with Crippen LogP contribution in [0, 0.1) is 6.92 Å². The van der Waals surface area contributed by atoms with Crippen LogP contribution in [0.4, 0.5) is 21.9 Å². The van der Waals surface area contributed by atoms with E-state index in [4.69, 9.17) is 4.98 Å². The van der Waals surface area contributed by atoms with Gasteiger partial charge in [0.2, 0.25) is 0 Å². The normalized spacial score (nSPS) is 10.4. The molecule has 0 unspecified atom stereocenters. The van der Waals surface area contributed by atoms with Crippen LogP contribution in [0.1, 0.15) is 5.56 Å². The molecule has 0 atom stereocenters. The van der Waals surface area contributed by atoms with Gasteiger partial charge in [-0.2, -0.15) is 0 Å². The number of hydrogen-bond acceptors (Lipinski definition) is 3. The maximum atomic E-state index is 11.5. The highest BCUT2D eigenvalue weighted by atomic mass is 35.5. The van der Waals surface area contributed by atoms with Gasteiger partial charge in [0.1, 0.15) is 0 Å². The lowest BCUT2D eigenvalue weighted by atomic mass is 10.1. The zero-order valence-electron chi connectivity index (χ0n) is 15.6. The molecule has 0 aliphatic rings. The number of benzene rings is 3. The number of aryl methyl sites for hydroxylation is 1. The van der Waals surface area contributed by atoms with E-state index in [9.17, 15) is 4.79 Å². The lowest BCUT2D eigenvalue weighted by molar-refractivity contribution is 0.254. The number of nitrogens with one attached hydrogen (secondary N) is 3. The van der Waals surface area contributed by atoms with Gasteiger partial charge in [0.15, 0.2) is 0 Å². The molecule has 0 aliphatic heterocycles. The molecule has 0 bridgehead atoms. The fraction of sp³-hybridized carbons (Fsp3) is 0.0909. The molecule has 5 nitrogen and oxygen atoms in total. The minimum absolute atomic E-state index is 0. The van der Waals surface area contributed by atoms with E-state index in [1.165, 1.54) is 0 Å². The number of pyridine rings is 1. The van der Waals surface area contributed by atoms with Crippen LogP contribution in [0.3, 0.4) is 0 Å². The Bertz CT molecular complexity index is 1110. The summed E-state index contributed by atoms with van der Waals surface area (Å²) in [5, 5.41) is 11.1. The van der Waals surface area contributed by atoms with Crippen LogP contribution < -0.4 is 16.0 Å². The highest BCUT2D eigenvalue weighted by molar-refractivity contribution is 6.08. The first-order chi connectivity index (χ1) is 13.2. The van der Waals surface area contributed by atoms with E-state index in [0.717, 1.165) is 44.4 Å². The number of carbonyl (C=O) groups is 1. The average molecular weight is 393 g/mol. The summed E-state index contributed by atoms with van der Waals surface area (Å²) in [6, 6.07) is 21.8. The van der Waals surface area contributed by atoms with Crippen molar-refractivity contribution in [3.63, 3.8) is 0 Å². The van der Waals surface area contributed by atoms with Crippen molar-refractivity contribution in [1.82, 2.24) is 10.3 Å². The molecule has 0 fully saturated rings. The number of anilines is 3. The predicted molar refractivity (Wildman–Crippen MR) is 119 cm³/mol. The Kier molecular flexibility index (Phi) is 5.66. The van der Waals surface area contributed by atoms with Crippen molar-refractivity contribution in [2.75, 3.05) is 17.7 Å². The maximum absolute atomic E-state index is 11.5. The smallest absolute Gasteiger partial charge is 0.318 e. The number of hydrogen-bond donors (Lipinski definition) is 3. The third-order valence-corrected chi connectivity index (χ3v) is 4.56. The minimum atomic E-state index is -0.235. The number of aromatic nitrogens is 1. The van der Waals surface area contributed by atoms with Gasteiger partial charge in [-0.05, 0) is 42.8 Å². The monoisotopic (exact) mass is 392 g/mol. The van der Waals surface area contributed by atoms with Crippen LogP contribution in [0.15, 0.2) is 66.7 Å². The first-order valence-corrected chi connectivity index (χ1v) is 8.79. The summed E-state index contributed by atoms with van der Waals surface area (Å²) in [6.45, 7) is 2.02. The van der Waals surface area contributed by atoms with Crippen molar-refractivity contribution in [3.8, 4) is 0 Å². The summed E-state index contributed by atoms with van der Waals surface area (Å²) in [5.41, 5.74) is 5.71. The minimum Gasteiger partial charge on any atom is -0.354 e. The van der Waals surface area contributed by atoms with E-state index < -0.39 is 0 Å². The number of halogens is 1. The fourth-order valence-corrected chi connectivity index (χ4v) is 3.18. The van der Waals surface area contributed by atoms with Crippen LogP contribution in [-0.2, 0) is 0 Å². The van der Waals surface area contributed by atoms with Crippen molar-refractivity contribution in [2.45, 2.75) is 6.92 Å². The Hall–Kier alpha value is -3.31. The van der Waals surface area contributed by atoms with Crippen molar-refractivity contribution < 1.29 is 4.79 Å². The van der Waals surface area contributed by atoms with E-state index in [-0.39, 0.29) is 18.4 Å². The van der Waals surface area contributed by atoms with Gasteiger partial charge in [-0.1, -0.05) is 36.4 Å². The van der Waals surface area contributed by atoms with Crippen molar-refractivity contribution in [3.05, 3.63) is 72.3 Å². The van der Waals surface area contributed by atoms with Crippen molar-refractivity contribution in [2.24, 2.45) is 0 Å². The third kappa shape index (κ3) is 3.70.